The standard InChI is InChI=1S/C16H19BrN2O/c1-19(12-13-5-2-3-8-16(13)17)9-10-20-15-7-4-6-14(18)11-15/h2-8,11H,9-10,12,18H2,1H3. The quantitative estimate of drug-likeness (QED) is 0.821. The molecule has 20 heavy (non-hydrogen) atoms. The van der Waals surface area contributed by atoms with Gasteiger partial charge < -0.3 is 10.5 Å². The fourth-order valence-corrected chi connectivity index (χ4v) is 2.33. The molecule has 2 aromatic rings. The fraction of sp³-hybridized carbons (Fsp3) is 0.250. The number of hydrogen-bond donors (Lipinski definition) is 1. The van der Waals surface area contributed by atoms with Gasteiger partial charge in [0.25, 0.3) is 0 Å². The molecule has 2 rings (SSSR count). The van der Waals surface area contributed by atoms with Gasteiger partial charge in [0.15, 0.2) is 0 Å². The third-order valence-electron chi connectivity index (χ3n) is 3.00. The zero-order chi connectivity index (χ0) is 14.4. The number of anilines is 1. The van der Waals surface area contributed by atoms with Gasteiger partial charge in [0.1, 0.15) is 12.4 Å². The Morgan fingerprint density at radius 3 is 2.70 bits per heavy atom. The molecule has 0 saturated carbocycles. The molecular formula is C16H19BrN2O. The molecule has 0 radical (unpaired) electrons. The summed E-state index contributed by atoms with van der Waals surface area (Å²) >= 11 is 3.57. The van der Waals surface area contributed by atoms with Gasteiger partial charge in [0.05, 0.1) is 0 Å². The highest BCUT2D eigenvalue weighted by Gasteiger charge is 2.04. The van der Waals surface area contributed by atoms with Crippen molar-refractivity contribution in [3.8, 4) is 5.75 Å². The fourth-order valence-electron chi connectivity index (χ4n) is 1.92. The Bertz CT molecular complexity index is 560. The van der Waals surface area contributed by atoms with Crippen molar-refractivity contribution in [3.63, 3.8) is 0 Å². The van der Waals surface area contributed by atoms with Crippen LogP contribution in [0.4, 0.5) is 5.69 Å². The van der Waals surface area contributed by atoms with E-state index in [1.807, 2.05) is 30.3 Å². The number of nitrogens with two attached hydrogens (primary N) is 1. The van der Waals surface area contributed by atoms with Crippen molar-refractivity contribution in [1.29, 1.82) is 0 Å². The highest BCUT2D eigenvalue weighted by atomic mass is 79.9. The summed E-state index contributed by atoms with van der Waals surface area (Å²) in [6, 6.07) is 15.8. The van der Waals surface area contributed by atoms with Crippen molar-refractivity contribution >= 4 is 21.6 Å². The lowest BCUT2D eigenvalue weighted by atomic mass is 10.2. The largest absolute Gasteiger partial charge is 0.492 e. The third-order valence-corrected chi connectivity index (χ3v) is 3.77. The number of ether oxygens (including phenoxy) is 1. The summed E-state index contributed by atoms with van der Waals surface area (Å²) in [5.74, 6) is 0.819. The van der Waals surface area contributed by atoms with Crippen LogP contribution in [0.5, 0.6) is 5.75 Å². The van der Waals surface area contributed by atoms with Crippen LogP contribution in [0.1, 0.15) is 5.56 Å². The molecule has 0 spiro atoms. The first-order chi connectivity index (χ1) is 9.65. The van der Waals surface area contributed by atoms with Crippen LogP contribution >= 0.6 is 15.9 Å². The number of nitrogen functional groups attached to an aromatic ring is 1. The molecule has 0 atom stereocenters. The zero-order valence-electron chi connectivity index (χ0n) is 11.6. The SMILES string of the molecule is CN(CCOc1cccc(N)c1)Cc1ccccc1Br. The van der Waals surface area contributed by atoms with Gasteiger partial charge in [-0.2, -0.15) is 0 Å². The third kappa shape index (κ3) is 4.54. The maximum atomic E-state index is 5.71. The molecule has 106 valence electrons. The van der Waals surface area contributed by atoms with Gasteiger partial charge in [-0.25, -0.2) is 0 Å². The van der Waals surface area contributed by atoms with Crippen molar-refractivity contribution in [2.45, 2.75) is 6.54 Å². The monoisotopic (exact) mass is 334 g/mol. The lowest BCUT2D eigenvalue weighted by molar-refractivity contribution is 0.232. The number of halogens is 1. The smallest absolute Gasteiger partial charge is 0.121 e. The lowest BCUT2D eigenvalue weighted by Gasteiger charge is -2.18. The Hall–Kier alpha value is -1.52. The maximum absolute atomic E-state index is 5.71. The van der Waals surface area contributed by atoms with Crippen LogP contribution in [0.3, 0.4) is 0 Å². The van der Waals surface area contributed by atoms with E-state index in [1.165, 1.54) is 5.56 Å². The minimum Gasteiger partial charge on any atom is -0.492 e. The van der Waals surface area contributed by atoms with Gasteiger partial charge in [0.2, 0.25) is 0 Å². The van der Waals surface area contributed by atoms with Crippen molar-refractivity contribution in [1.82, 2.24) is 4.90 Å². The Balaban J connectivity index is 1.78. The summed E-state index contributed by atoms with van der Waals surface area (Å²) in [6.07, 6.45) is 0. The number of likely N-dealkylation sites (N-methyl/N-ethyl adjacent to an activating group) is 1. The summed E-state index contributed by atoms with van der Waals surface area (Å²) in [5.41, 5.74) is 7.72. The molecule has 0 fully saturated rings. The molecule has 0 heterocycles. The number of benzene rings is 2. The zero-order valence-corrected chi connectivity index (χ0v) is 13.1. The van der Waals surface area contributed by atoms with Gasteiger partial charge in [-0.1, -0.05) is 40.2 Å². The summed E-state index contributed by atoms with van der Waals surface area (Å²) in [7, 11) is 2.09. The molecule has 0 aliphatic carbocycles. The molecule has 0 aliphatic heterocycles. The van der Waals surface area contributed by atoms with Crippen LogP contribution in [0.25, 0.3) is 0 Å². The predicted octanol–water partition coefficient (Wildman–Crippen LogP) is 3.54. The molecule has 0 saturated heterocycles. The van der Waals surface area contributed by atoms with Crippen LogP contribution in [0, 0.1) is 0 Å². The van der Waals surface area contributed by atoms with E-state index in [9.17, 15) is 0 Å². The topological polar surface area (TPSA) is 38.5 Å². The number of rotatable bonds is 6. The Morgan fingerprint density at radius 2 is 1.95 bits per heavy atom. The van der Waals surface area contributed by atoms with Gasteiger partial charge in [0, 0.05) is 29.3 Å². The summed E-state index contributed by atoms with van der Waals surface area (Å²) in [5, 5.41) is 0. The Labute approximate surface area is 128 Å². The molecule has 2 N–H and O–H groups in total. The normalized spacial score (nSPS) is 10.8. The minimum absolute atomic E-state index is 0.643. The van der Waals surface area contributed by atoms with Gasteiger partial charge in [-0.15, -0.1) is 0 Å². The molecule has 4 heteroatoms. The highest BCUT2D eigenvalue weighted by Crippen LogP contribution is 2.17. The summed E-state index contributed by atoms with van der Waals surface area (Å²) in [6.45, 7) is 2.39. The highest BCUT2D eigenvalue weighted by molar-refractivity contribution is 9.10. The van der Waals surface area contributed by atoms with E-state index in [2.05, 4.69) is 46.1 Å². The second-order valence-electron chi connectivity index (χ2n) is 4.75. The molecule has 0 unspecified atom stereocenters. The van der Waals surface area contributed by atoms with E-state index in [1.54, 1.807) is 0 Å². The van der Waals surface area contributed by atoms with E-state index in [-0.39, 0.29) is 0 Å². The second-order valence-corrected chi connectivity index (χ2v) is 5.60. The first-order valence-corrected chi connectivity index (χ1v) is 7.35. The average molecular weight is 335 g/mol. The van der Waals surface area contributed by atoms with Gasteiger partial charge in [-0.3, -0.25) is 4.90 Å². The molecular weight excluding hydrogens is 316 g/mol. The first-order valence-electron chi connectivity index (χ1n) is 6.55. The second kappa shape index (κ2) is 7.31. The first kappa shape index (κ1) is 14.9. The number of hydrogen-bond acceptors (Lipinski definition) is 3. The van der Waals surface area contributed by atoms with E-state index in [4.69, 9.17) is 10.5 Å². The van der Waals surface area contributed by atoms with Crippen LogP contribution in [-0.2, 0) is 6.54 Å². The van der Waals surface area contributed by atoms with Crippen LogP contribution in [0.2, 0.25) is 0 Å². The minimum atomic E-state index is 0.643. The molecule has 0 amide bonds. The Morgan fingerprint density at radius 1 is 1.15 bits per heavy atom. The Kier molecular flexibility index (Phi) is 5.44. The van der Waals surface area contributed by atoms with Crippen molar-refractivity contribution in [3.05, 3.63) is 58.6 Å². The van der Waals surface area contributed by atoms with E-state index in [0.29, 0.717) is 6.61 Å². The predicted molar refractivity (Wildman–Crippen MR) is 86.8 cm³/mol. The van der Waals surface area contributed by atoms with Gasteiger partial charge >= 0.3 is 0 Å². The van der Waals surface area contributed by atoms with Crippen LogP contribution in [-0.4, -0.2) is 25.1 Å². The summed E-state index contributed by atoms with van der Waals surface area (Å²) in [4.78, 5) is 2.23. The van der Waals surface area contributed by atoms with Gasteiger partial charge in [-0.05, 0) is 30.8 Å². The maximum Gasteiger partial charge on any atom is 0.121 e. The van der Waals surface area contributed by atoms with E-state index in [0.717, 1.165) is 29.0 Å². The van der Waals surface area contributed by atoms with E-state index < -0.39 is 0 Å². The van der Waals surface area contributed by atoms with Crippen LogP contribution < -0.4 is 10.5 Å². The molecule has 3 nitrogen and oxygen atoms in total. The van der Waals surface area contributed by atoms with E-state index >= 15 is 0 Å². The molecule has 2 aromatic carbocycles. The lowest BCUT2D eigenvalue weighted by Crippen LogP contribution is -2.24. The molecule has 0 bridgehead atoms. The van der Waals surface area contributed by atoms with Crippen molar-refractivity contribution in [2.75, 3.05) is 25.9 Å². The molecule has 0 aliphatic rings. The molecule has 0 aromatic heterocycles. The van der Waals surface area contributed by atoms with Crippen molar-refractivity contribution < 1.29 is 4.74 Å². The average Bonchev–Trinajstić information content (AvgIpc) is 2.41. The van der Waals surface area contributed by atoms with Crippen LogP contribution in [0.15, 0.2) is 53.0 Å². The summed E-state index contributed by atoms with van der Waals surface area (Å²) < 4.78 is 6.83. The number of nitrogens with zero attached hydrogens (tertiary/aromatic N) is 1. The van der Waals surface area contributed by atoms with Crippen molar-refractivity contribution in [2.24, 2.45) is 0 Å².